The number of halogens is 2. The Bertz CT molecular complexity index is 529. The van der Waals surface area contributed by atoms with Crippen molar-refractivity contribution in [3.8, 4) is 0 Å². The largest absolute Gasteiger partial charge is 0.334 e. The predicted octanol–water partition coefficient (Wildman–Crippen LogP) is 3.80. The molecule has 1 aromatic rings. The van der Waals surface area contributed by atoms with Crippen LogP contribution in [0.1, 0.15) is 43.7 Å². The zero-order chi connectivity index (χ0) is 14.8. The molecular weight excluding hydrogens is 307 g/mol. The third kappa shape index (κ3) is 3.20. The minimum atomic E-state index is -0.0119. The summed E-state index contributed by atoms with van der Waals surface area (Å²) >= 11 is 12.1. The van der Waals surface area contributed by atoms with E-state index in [1.165, 1.54) is 6.42 Å². The van der Waals surface area contributed by atoms with E-state index in [0.717, 1.165) is 44.3 Å². The number of benzene rings is 1. The first-order valence-electron chi connectivity index (χ1n) is 7.65. The highest BCUT2D eigenvalue weighted by molar-refractivity contribution is 6.42. The predicted molar refractivity (Wildman–Crippen MR) is 85.8 cm³/mol. The van der Waals surface area contributed by atoms with Crippen LogP contribution in [0.2, 0.25) is 10.0 Å². The van der Waals surface area contributed by atoms with Crippen LogP contribution < -0.4 is 5.32 Å². The average molecular weight is 327 g/mol. The Kier molecular flexibility index (Phi) is 4.72. The zero-order valence-corrected chi connectivity index (χ0v) is 13.5. The summed E-state index contributed by atoms with van der Waals surface area (Å²) < 4.78 is 0. The number of rotatable bonds is 2. The monoisotopic (exact) mass is 326 g/mol. The van der Waals surface area contributed by atoms with Gasteiger partial charge in [-0.2, -0.15) is 0 Å². The summed E-state index contributed by atoms with van der Waals surface area (Å²) in [6.07, 6.45) is 5.29. The van der Waals surface area contributed by atoms with Crippen LogP contribution >= 0.6 is 23.2 Å². The standard InChI is InChI=1S/C16H20Cl2N2O/c17-12-7-6-11(10-13(12)18)15-5-3-9-20(15)16(21)14-4-1-2-8-19-14/h6-7,10,14-15,19H,1-5,8-9H2. The normalized spacial score (nSPS) is 26.1. The molecule has 1 amide bonds. The van der Waals surface area contributed by atoms with Gasteiger partial charge in [-0.1, -0.05) is 35.7 Å². The van der Waals surface area contributed by atoms with Crippen molar-refractivity contribution in [3.63, 3.8) is 0 Å². The molecule has 2 heterocycles. The molecular formula is C16H20Cl2N2O. The molecule has 3 rings (SSSR count). The van der Waals surface area contributed by atoms with Crippen molar-refractivity contribution in [2.75, 3.05) is 13.1 Å². The molecule has 1 N–H and O–H groups in total. The number of nitrogens with one attached hydrogen (secondary N) is 1. The van der Waals surface area contributed by atoms with Gasteiger partial charge in [0, 0.05) is 6.54 Å². The lowest BCUT2D eigenvalue weighted by Crippen LogP contribution is -2.48. The zero-order valence-electron chi connectivity index (χ0n) is 11.9. The molecule has 0 saturated carbocycles. The number of hydrogen-bond donors (Lipinski definition) is 1. The Morgan fingerprint density at radius 1 is 1.14 bits per heavy atom. The third-order valence-corrected chi connectivity index (χ3v) is 5.21. The van der Waals surface area contributed by atoms with E-state index < -0.39 is 0 Å². The van der Waals surface area contributed by atoms with E-state index >= 15 is 0 Å². The average Bonchev–Trinajstić information content (AvgIpc) is 2.99. The number of amides is 1. The van der Waals surface area contributed by atoms with E-state index in [4.69, 9.17) is 23.2 Å². The highest BCUT2D eigenvalue weighted by Crippen LogP contribution is 2.35. The molecule has 2 aliphatic rings. The van der Waals surface area contributed by atoms with Gasteiger partial charge in [0.05, 0.1) is 22.1 Å². The fraction of sp³-hybridized carbons (Fsp3) is 0.562. The second kappa shape index (κ2) is 6.55. The number of carbonyl (C=O) groups excluding carboxylic acids is 1. The molecule has 3 nitrogen and oxygen atoms in total. The lowest BCUT2D eigenvalue weighted by atomic mass is 10.0. The van der Waals surface area contributed by atoms with Crippen LogP contribution in [-0.4, -0.2) is 29.9 Å². The SMILES string of the molecule is O=C(C1CCCCN1)N1CCCC1c1ccc(Cl)c(Cl)c1. The smallest absolute Gasteiger partial charge is 0.240 e. The second-order valence-electron chi connectivity index (χ2n) is 5.87. The molecule has 0 aromatic heterocycles. The number of carbonyl (C=O) groups is 1. The van der Waals surface area contributed by atoms with E-state index in [2.05, 4.69) is 5.32 Å². The van der Waals surface area contributed by atoms with Gasteiger partial charge in [0.1, 0.15) is 0 Å². The first-order valence-corrected chi connectivity index (χ1v) is 8.41. The molecule has 0 aliphatic carbocycles. The van der Waals surface area contributed by atoms with E-state index in [1.54, 1.807) is 0 Å². The van der Waals surface area contributed by atoms with Crippen molar-refractivity contribution >= 4 is 29.1 Å². The van der Waals surface area contributed by atoms with Gasteiger partial charge in [0.2, 0.25) is 5.91 Å². The van der Waals surface area contributed by atoms with Crippen LogP contribution in [0.5, 0.6) is 0 Å². The lowest BCUT2D eigenvalue weighted by molar-refractivity contribution is -0.135. The Hall–Kier alpha value is -0.770. The molecule has 21 heavy (non-hydrogen) atoms. The molecule has 0 spiro atoms. The van der Waals surface area contributed by atoms with Crippen LogP contribution in [-0.2, 0) is 4.79 Å². The van der Waals surface area contributed by atoms with Gasteiger partial charge in [-0.05, 0) is 49.9 Å². The van der Waals surface area contributed by atoms with Crippen LogP contribution in [0.25, 0.3) is 0 Å². The number of hydrogen-bond acceptors (Lipinski definition) is 2. The Morgan fingerprint density at radius 2 is 2.00 bits per heavy atom. The van der Waals surface area contributed by atoms with Crippen LogP contribution in [0.3, 0.4) is 0 Å². The summed E-state index contributed by atoms with van der Waals surface area (Å²) in [4.78, 5) is 14.8. The molecule has 2 saturated heterocycles. The van der Waals surface area contributed by atoms with E-state index in [0.29, 0.717) is 10.0 Å². The van der Waals surface area contributed by atoms with Crippen molar-refractivity contribution in [3.05, 3.63) is 33.8 Å². The number of nitrogens with zero attached hydrogens (tertiary/aromatic N) is 1. The van der Waals surface area contributed by atoms with Crippen molar-refractivity contribution in [1.29, 1.82) is 0 Å². The molecule has 2 unspecified atom stereocenters. The topological polar surface area (TPSA) is 32.3 Å². The molecule has 2 atom stereocenters. The van der Waals surface area contributed by atoms with Gasteiger partial charge in [0.15, 0.2) is 0 Å². The highest BCUT2D eigenvalue weighted by atomic mass is 35.5. The highest BCUT2D eigenvalue weighted by Gasteiger charge is 2.34. The van der Waals surface area contributed by atoms with E-state index in [1.807, 2.05) is 23.1 Å². The Morgan fingerprint density at radius 3 is 2.71 bits per heavy atom. The third-order valence-electron chi connectivity index (χ3n) is 4.47. The fourth-order valence-electron chi connectivity index (χ4n) is 3.36. The van der Waals surface area contributed by atoms with Crippen LogP contribution in [0.15, 0.2) is 18.2 Å². The van der Waals surface area contributed by atoms with E-state index in [9.17, 15) is 4.79 Å². The van der Waals surface area contributed by atoms with Gasteiger partial charge >= 0.3 is 0 Å². The maximum absolute atomic E-state index is 12.7. The quantitative estimate of drug-likeness (QED) is 0.896. The fourth-order valence-corrected chi connectivity index (χ4v) is 3.67. The Balaban J connectivity index is 1.78. The van der Waals surface area contributed by atoms with Crippen molar-refractivity contribution < 1.29 is 4.79 Å². The summed E-state index contributed by atoms with van der Waals surface area (Å²) in [7, 11) is 0. The first-order chi connectivity index (χ1) is 10.2. The van der Waals surface area contributed by atoms with E-state index in [-0.39, 0.29) is 18.0 Å². The maximum atomic E-state index is 12.7. The molecule has 2 fully saturated rings. The summed E-state index contributed by atoms with van der Waals surface area (Å²) in [5.41, 5.74) is 1.09. The van der Waals surface area contributed by atoms with Crippen LogP contribution in [0, 0.1) is 0 Å². The van der Waals surface area contributed by atoms with Crippen LogP contribution in [0.4, 0.5) is 0 Å². The van der Waals surface area contributed by atoms with Gasteiger partial charge < -0.3 is 10.2 Å². The Labute approximate surface area is 135 Å². The molecule has 0 radical (unpaired) electrons. The summed E-state index contributed by atoms with van der Waals surface area (Å²) in [6.45, 7) is 1.78. The van der Waals surface area contributed by atoms with Gasteiger partial charge in [0.25, 0.3) is 0 Å². The molecule has 0 bridgehead atoms. The lowest BCUT2D eigenvalue weighted by Gasteiger charge is -2.31. The number of piperidine rings is 1. The minimum absolute atomic E-state index is 0.0119. The number of likely N-dealkylation sites (tertiary alicyclic amines) is 1. The van der Waals surface area contributed by atoms with Gasteiger partial charge in [-0.3, -0.25) is 4.79 Å². The summed E-state index contributed by atoms with van der Waals surface area (Å²) in [6, 6.07) is 5.82. The van der Waals surface area contributed by atoms with Crippen molar-refractivity contribution in [2.45, 2.75) is 44.2 Å². The molecule has 2 aliphatic heterocycles. The van der Waals surface area contributed by atoms with Crippen molar-refractivity contribution in [1.82, 2.24) is 10.2 Å². The molecule has 114 valence electrons. The molecule has 1 aromatic carbocycles. The molecule has 5 heteroatoms. The van der Waals surface area contributed by atoms with Gasteiger partial charge in [-0.15, -0.1) is 0 Å². The maximum Gasteiger partial charge on any atom is 0.240 e. The minimum Gasteiger partial charge on any atom is -0.334 e. The second-order valence-corrected chi connectivity index (χ2v) is 6.68. The first kappa shape index (κ1) is 15.1. The summed E-state index contributed by atoms with van der Waals surface area (Å²) in [5.74, 6) is 0.239. The van der Waals surface area contributed by atoms with Crippen molar-refractivity contribution in [2.24, 2.45) is 0 Å². The van der Waals surface area contributed by atoms with Gasteiger partial charge in [-0.25, -0.2) is 0 Å². The summed E-state index contributed by atoms with van der Waals surface area (Å²) in [5, 5.41) is 4.47.